The van der Waals surface area contributed by atoms with E-state index >= 15 is 0 Å². The Morgan fingerprint density at radius 3 is 2.32 bits per heavy atom. The molecule has 0 unspecified atom stereocenters. The Balaban J connectivity index is 2.45. The van der Waals surface area contributed by atoms with Gasteiger partial charge in [-0.15, -0.1) is 0 Å². The van der Waals surface area contributed by atoms with E-state index in [9.17, 15) is 0 Å². The van der Waals surface area contributed by atoms with Gasteiger partial charge in [0, 0.05) is 24.2 Å². The monoisotopic (exact) mass is 256 g/mol. The van der Waals surface area contributed by atoms with Crippen molar-refractivity contribution in [3.8, 4) is 0 Å². The first-order valence-electron chi connectivity index (χ1n) is 7.19. The van der Waals surface area contributed by atoms with Crippen molar-refractivity contribution in [2.75, 3.05) is 6.54 Å². The van der Waals surface area contributed by atoms with Gasteiger partial charge in [-0.05, 0) is 39.7 Å². The molecule has 0 aromatic heterocycles. The normalized spacial score (nSPS) is 30.2. The zero-order valence-corrected chi connectivity index (χ0v) is 12.4. The van der Waals surface area contributed by atoms with E-state index in [0.29, 0.717) is 12.1 Å². The summed E-state index contributed by atoms with van der Waals surface area (Å²) in [6, 6.07) is 0.811. The van der Waals surface area contributed by atoms with Crippen LogP contribution in [0.15, 0.2) is 52.6 Å². The van der Waals surface area contributed by atoms with Crippen LogP contribution in [0.1, 0.15) is 34.1 Å². The topological polar surface area (TPSA) is 15.6 Å². The molecule has 0 aromatic carbocycles. The van der Waals surface area contributed by atoms with Crippen LogP contribution in [0.3, 0.4) is 0 Å². The number of hydrogen-bond acceptors (Lipinski definition) is 1. The molecule has 1 saturated heterocycles. The van der Waals surface area contributed by atoms with Gasteiger partial charge in [-0.1, -0.05) is 36.5 Å². The van der Waals surface area contributed by atoms with Crippen molar-refractivity contribution >= 4 is 5.84 Å². The SMILES string of the molecule is CC(C)/N=C1C2=C\C=C/C=C\C=C/2CCN\1C(C)C. The van der Waals surface area contributed by atoms with E-state index < -0.39 is 0 Å². The molecule has 0 aromatic rings. The number of fused-ring (bicyclic) bond motifs is 1. The minimum Gasteiger partial charge on any atom is -0.354 e. The summed E-state index contributed by atoms with van der Waals surface area (Å²) in [5.41, 5.74) is 2.69. The fourth-order valence-electron chi connectivity index (χ4n) is 2.48. The molecule has 1 aliphatic heterocycles. The number of allylic oxidation sites excluding steroid dienone is 6. The molecule has 0 radical (unpaired) electrons. The smallest absolute Gasteiger partial charge is 0.131 e. The zero-order valence-electron chi connectivity index (χ0n) is 12.4. The van der Waals surface area contributed by atoms with Crippen LogP contribution < -0.4 is 0 Å². The maximum absolute atomic E-state index is 4.87. The predicted octanol–water partition coefficient (Wildman–Crippen LogP) is 3.89. The van der Waals surface area contributed by atoms with Gasteiger partial charge in [-0.3, -0.25) is 4.99 Å². The van der Waals surface area contributed by atoms with Crippen LogP contribution in [-0.4, -0.2) is 29.4 Å². The molecule has 1 fully saturated rings. The summed E-state index contributed by atoms with van der Waals surface area (Å²) >= 11 is 0. The van der Waals surface area contributed by atoms with E-state index in [4.69, 9.17) is 4.99 Å². The Labute approximate surface area is 116 Å². The third-order valence-electron chi connectivity index (χ3n) is 3.38. The summed E-state index contributed by atoms with van der Waals surface area (Å²) in [6.07, 6.45) is 13.9. The summed E-state index contributed by atoms with van der Waals surface area (Å²) in [5.74, 6) is 1.16. The number of nitrogens with zero attached hydrogens (tertiary/aromatic N) is 2. The molecule has 2 heteroatoms. The fraction of sp³-hybridized carbons (Fsp3) is 0.471. The van der Waals surface area contributed by atoms with Crippen LogP contribution in [0.25, 0.3) is 0 Å². The van der Waals surface area contributed by atoms with Gasteiger partial charge in [0.25, 0.3) is 0 Å². The summed E-state index contributed by atoms with van der Waals surface area (Å²) in [7, 11) is 0. The average molecular weight is 256 g/mol. The van der Waals surface area contributed by atoms with E-state index in [0.717, 1.165) is 18.8 Å². The standard InChI is InChI=1S/C17H24N2/c1-13(2)18-17-16-10-8-6-5-7-9-15(16)11-12-19(17)14(3)4/h5-10,13-14H,11-12H2,1-4H3/b6-5?,7-5-,8-6-,9-7?,10-8?,15-9-,16-10+,18-17+. The lowest BCUT2D eigenvalue weighted by atomic mass is 9.93. The molecule has 0 amide bonds. The molecule has 0 spiro atoms. The Kier molecular flexibility index (Phi) is 4.41. The maximum atomic E-state index is 4.87. The highest BCUT2D eigenvalue weighted by Crippen LogP contribution is 2.27. The largest absolute Gasteiger partial charge is 0.354 e. The number of amidine groups is 1. The first-order valence-corrected chi connectivity index (χ1v) is 7.19. The second-order valence-corrected chi connectivity index (χ2v) is 5.63. The van der Waals surface area contributed by atoms with Crippen molar-refractivity contribution in [1.29, 1.82) is 0 Å². The predicted molar refractivity (Wildman–Crippen MR) is 83.5 cm³/mol. The maximum Gasteiger partial charge on any atom is 0.131 e. The van der Waals surface area contributed by atoms with E-state index in [2.05, 4.69) is 69.1 Å². The summed E-state index contributed by atoms with van der Waals surface area (Å²) in [6.45, 7) is 9.82. The van der Waals surface area contributed by atoms with Crippen LogP contribution >= 0.6 is 0 Å². The average Bonchev–Trinajstić information content (AvgIpc) is 2.29. The van der Waals surface area contributed by atoms with Crippen molar-refractivity contribution in [2.24, 2.45) is 4.99 Å². The van der Waals surface area contributed by atoms with E-state index in [1.807, 2.05) is 0 Å². The quantitative estimate of drug-likeness (QED) is 0.732. The molecule has 1 aliphatic carbocycles. The van der Waals surface area contributed by atoms with E-state index in [1.54, 1.807) is 0 Å². The number of hydrogen-bond donors (Lipinski definition) is 0. The number of piperidine rings is 1. The van der Waals surface area contributed by atoms with Gasteiger partial charge in [0.1, 0.15) is 5.84 Å². The van der Waals surface area contributed by atoms with Crippen LogP contribution in [0.5, 0.6) is 0 Å². The molecule has 0 N–H and O–H groups in total. The lowest BCUT2D eigenvalue weighted by Gasteiger charge is -2.37. The number of likely N-dealkylation sites (tertiary alicyclic amines) is 1. The van der Waals surface area contributed by atoms with Gasteiger partial charge in [0.05, 0.1) is 0 Å². The summed E-state index contributed by atoms with van der Waals surface area (Å²) in [4.78, 5) is 7.29. The molecule has 102 valence electrons. The van der Waals surface area contributed by atoms with Crippen molar-refractivity contribution in [3.63, 3.8) is 0 Å². The zero-order chi connectivity index (χ0) is 13.8. The Morgan fingerprint density at radius 1 is 1.00 bits per heavy atom. The lowest BCUT2D eigenvalue weighted by Crippen LogP contribution is -2.43. The van der Waals surface area contributed by atoms with Crippen molar-refractivity contribution < 1.29 is 0 Å². The second-order valence-electron chi connectivity index (χ2n) is 5.63. The van der Waals surface area contributed by atoms with Crippen LogP contribution in [0.4, 0.5) is 0 Å². The van der Waals surface area contributed by atoms with Crippen LogP contribution in [0, 0.1) is 0 Å². The molecule has 0 saturated carbocycles. The molecule has 2 rings (SSSR count). The van der Waals surface area contributed by atoms with E-state index in [-0.39, 0.29) is 0 Å². The minimum atomic E-state index is 0.321. The second kappa shape index (κ2) is 6.05. The lowest BCUT2D eigenvalue weighted by molar-refractivity contribution is 0.343. The highest BCUT2D eigenvalue weighted by atomic mass is 15.2. The molecular weight excluding hydrogens is 232 g/mol. The van der Waals surface area contributed by atoms with Gasteiger partial charge in [0.15, 0.2) is 0 Å². The van der Waals surface area contributed by atoms with Crippen molar-refractivity contribution in [2.45, 2.75) is 46.2 Å². The molecule has 0 bridgehead atoms. The molecule has 2 nitrogen and oxygen atoms in total. The molecule has 2 aliphatic rings. The van der Waals surface area contributed by atoms with Gasteiger partial charge in [-0.25, -0.2) is 0 Å². The fourth-order valence-corrected chi connectivity index (χ4v) is 2.48. The van der Waals surface area contributed by atoms with Crippen LogP contribution in [0.2, 0.25) is 0 Å². The van der Waals surface area contributed by atoms with Crippen molar-refractivity contribution in [1.82, 2.24) is 4.90 Å². The van der Waals surface area contributed by atoms with E-state index in [1.165, 1.54) is 11.1 Å². The Morgan fingerprint density at radius 2 is 1.68 bits per heavy atom. The van der Waals surface area contributed by atoms with Crippen molar-refractivity contribution in [3.05, 3.63) is 47.6 Å². The first-order chi connectivity index (χ1) is 9.09. The molecule has 0 atom stereocenters. The molecule has 1 heterocycles. The van der Waals surface area contributed by atoms with Gasteiger partial charge >= 0.3 is 0 Å². The number of aliphatic imine (C=N–C) groups is 1. The Bertz CT molecular complexity index is 473. The van der Waals surface area contributed by atoms with Gasteiger partial charge in [-0.2, -0.15) is 0 Å². The third kappa shape index (κ3) is 3.25. The summed E-state index contributed by atoms with van der Waals surface area (Å²) in [5, 5.41) is 0. The molecule has 19 heavy (non-hydrogen) atoms. The minimum absolute atomic E-state index is 0.321. The van der Waals surface area contributed by atoms with Crippen LogP contribution in [-0.2, 0) is 0 Å². The number of rotatable bonds is 2. The highest BCUT2D eigenvalue weighted by molar-refractivity contribution is 6.03. The Hall–Kier alpha value is -1.57. The third-order valence-corrected chi connectivity index (χ3v) is 3.38. The van der Waals surface area contributed by atoms with Gasteiger partial charge in [0.2, 0.25) is 0 Å². The summed E-state index contributed by atoms with van der Waals surface area (Å²) < 4.78 is 0. The molecular formula is C17H24N2. The first kappa shape index (κ1) is 13.9. The highest BCUT2D eigenvalue weighted by Gasteiger charge is 2.26. The van der Waals surface area contributed by atoms with Gasteiger partial charge < -0.3 is 4.90 Å².